The number of nitrogens with zero attached hydrogens (tertiary/aromatic N) is 1. The molecule has 0 aliphatic heterocycles. The lowest BCUT2D eigenvalue weighted by molar-refractivity contribution is 0.844. The molecule has 2 aromatic heterocycles. The quantitative estimate of drug-likeness (QED) is 0.768. The van der Waals surface area contributed by atoms with Gasteiger partial charge in [-0.15, -0.1) is 11.3 Å². The first-order valence-electron chi connectivity index (χ1n) is 6.66. The van der Waals surface area contributed by atoms with Crippen molar-refractivity contribution in [2.45, 2.75) is 26.4 Å². The maximum atomic E-state index is 5.85. The Morgan fingerprint density at radius 2 is 1.95 bits per heavy atom. The molecule has 0 radical (unpaired) electrons. The zero-order chi connectivity index (χ0) is 13.2. The normalized spacial score (nSPS) is 11.3. The molecule has 1 aromatic carbocycles. The molecule has 2 nitrogen and oxygen atoms in total. The van der Waals surface area contributed by atoms with Crippen LogP contribution in [0, 0.1) is 0 Å². The molecule has 0 aliphatic carbocycles. The molecule has 3 aromatic rings. The van der Waals surface area contributed by atoms with Crippen molar-refractivity contribution in [1.29, 1.82) is 0 Å². The topological polar surface area (TPSA) is 30.9 Å². The molecule has 0 unspecified atom stereocenters. The molecule has 2 heterocycles. The lowest BCUT2D eigenvalue weighted by Gasteiger charge is -2.07. The zero-order valence-electron chi connectivity index (χ0n) is 11.1. The van der Waals surface area contributed by atoms with Crippen LogP contribution in [0.15, 0.2) is 42.6 Å². The van der Waals surface area contributed by atoms with Gasteiger partial charge in [0.25, 0.3) is 0 Å². The number of para-hydroxylation sites is 1. The van der Waals surface area contributed by atoms with Crippen molar-refractivity contribution < 1.29 is 0 Å². The molecule has 0 bridgehead atoms. The van der Waals surface area contributed by atoms with E-state index < -0.39 is 0 Å². The van der Waals surface area contributed by atoms with Gasteiger partial charge in [-0.25, -0.2) is 0 Å². The van der Waals surface area contributed by atoms with Gasteiger partial charge in [0.05, 0.1) is 12.1 Å². The molecular formula is C16H18N2S. The molecule has 2 N–H and O–H groups in total. The number of thiophene rings is 1. The van der Waals surface area contributed by atoms with Crippen molar-refractivity contribution in [3.05, 3.63) is 57.9 Å². The molecule has 0 spiro atoms. The summed E-state index contributed by atoms with van der Waals surface area (Å²) in [6.45, 7) is 3.73. The van der Waals surface area contributed by atoms with Crippen molar-refractivity contribution in [2.75, 3.05) is 0 Å². The summed E-state index contributed by atoms with van der Waals surface area (Å²) in [5, 5.41) is 1.27. The van der Waals surface area contributed by atoms with Crippen LogP contribution >= 0.6 is 11.3 Å². The van der Waals surface area contributed by atoms with Crippen molar-refractivity contribution in [1.82, 2.24) is 4.57 Å². The van der Waals surface area contributed by atoms with E-state index in [1.807, 2.05) is 11.3 Å². The highest BCUT2D eigenvalue weighted by Crippen LogP contribution is 2.24. The Hall–Kier alpha value is -1.58. The maximum absolute atomic E-state index is 5.85. The first kappa shape index (κ1) is 12.5. The first-order valence-corrected chi connectivity index (χ1v) is 7.48. The third kappa shape index (κ3) is 2.31. The van der Waals surface area contributed by atoms with E-state index in [1.165, 1.54) is 26.2 Å². The van der Waals surface area contributed by atoms with Crippen LogP contribution in [-0.4, -0.2) is 4.57 Å². The summed E-state index contributed by atoms with van der Waals surface area (Å²) in [5.41, 5.74) is 8.34. The van der Waals surface area contributed by atoms with Crippen molar-refractivity contribution >= 4 is 22.2 Å². The highest BCUT2D eigenvalue weighted by Gasteiger charge is 2.07. The average molecular weight is 270 g/mol. The van der Waals surface area contributed by atoms with Crippen LogP contribution in [-0.2, 0) is 19.5 Å². The average Bonchev–Trinajstić information content (AvgIpc) is 3.06. The fourth-order valence-electron chi connectivity index (χ4n) is 2.50. The minimum Gasteiger partial charge on any atom is -0.342 e. The number of aromatic nitrogens is 1. The Bertz CT molecular complexity index is 694. The zero-order valence-corrected chi connectivity index (χ0v) is 11.9. The van der Waals surface area contributed by atoms with Gasteiger partial charge in [0.15, 0.2) is 0 Å². The maximum Gasteiger partial charge on any atom is 0.0569 e. The molecule has 0 saturated heterocycles. The Balaban J connectivity index is 2.00. The van der Waals surface area contributed by atoms with Gasteiger partial charge < -0.3 is 10.3 Å². The third-order valence-electron chi connectivity index (χ3n) is 3.48. The van der Waals surface area contributed by atoms with Crippen LogP contribution in [0.3, 0.4) is 0 Å². The number of aryl methyl sites for hydroxylation is 1. The summed E-state index contributed by atoms with van der Waals surface area (Å²) in [6, 6.07) is 13.0. The number of fused-ring (bicyclic) bond motifs is 1. The van der Waals surface area contributed by atoms with E-state index in [9.17, 15) is 0 Å². The van der Waals surface area contributed by atoms with Crippen LogP contribution in [0.1, 0.15) is 22.2 Å². The van der Waals surface area contributed by atoms with E-state index in [4.69, 9.17) is 5.73 Å². The Morgan fingerprint density at radius 1 is 1.11 bits per heavy atom. The standard InChI is InChI=1S/C16H18N2S/c1-2-14-6-7-15(19-14)11-18-9-8-12-4-3-5-13(10-17)16(12)18/h3-9H,2,10-11,17H2,1H3. The first-order chi connectivity index (χ1) is 9.31. The number of rotatable bonds is 4. The Kier molecular flexibility index (Phi) is 3.40. The highest BCUT2D eigenvalue weighted by atomic mass is 32.1. The number of benzene rings is 1. The summed E-state index contributed by atoms with van der Waals surface area (Å²) < 4.78 is 2.31. The highest BCUT2D eigenvalue weighted by molar-refractivity contribution is 7.11. The van der Waals surface area contributed by atoms with Crippen molar-refractivity contribution in [3.63, 3.8) is 0 Å². The summed E-state index contributed by atoms with van der Waals surface area (Å²) in [4.78, 5) is 2.85. The van der Waals surface area contributed by atoms with E-state index >= 15 is 0 Å². The van der Waals surface area contributed by atoms with Crippen LogP contribution < -0.4 is 5.73 Å². The summed E-state index contributed by atoms with van der Waals surface area (Å²) in [5.74, 6) is 0. The van der Waals surface area contributed by atoms with Gasteiger partial charge in [-0.3, -0.25) is 0 Å². The van der Waals surface area contributed by atoms with E-state index in [2.05, 4.69) is 54.1 Å². The largest absolute Gasteiger partial charge is 0.342 e. The van der Waals surface area contributed by atoms with Crippen LogP contribution in [0.25, 0.3) is 10.9 Å². The van der Waals surface area contributed by atoms with Crippen LogP contribution in [0.2, 0.25) is 0 Å². The van der Waals surface area contributed by atoms with Gasteiger partial charge in [0.2, 0.25) is 0 Å². The Labute approximate surface area is 117 Å². The second kappa shape index (κ2) is 5.19. The molecule has 0 atom stereocenters. The second-order valence-corrected chi connectivity index (χ2v) is 5.98. The molecule has 3 heteroatoms. The van der Waals surface area contributed by atoms with Crippen LogP contribution in [0.4, 0.5) is 0 Å². The Morgan fingerprint density at radius 3 is 2.68 bits per heavy atom. The van der Waals surface area contributed by atoms with Crippen LogP contribution in [0.5, 0.6) is 0 Å². The number of hydrogen-bond donors (Lipinski definition) is 1. The summed E-state index contributed by atoms with van der Waals surface area (Å²) in [7, 11) is 0. The molecular weight excluding hydrogens is 252 g/mol. The number of nitrogens with two attached hydrogens (primary N) is 1. The monoisotopic (exact) mass is 270 g/mol. The molecule has 3 rings (SSSR count). The molecule has 0 aliphatic rings. The predicted molar refractivity (Wildman–Crippen MR) is 82.6 cm³/mol. The molecule has 0 fully saturated rings. The lowest BCUT2D eigenvalue weighted by atomic mass is 10.1. The smallest absolute Gasteiger partial charge is 0.0569 e. The molecule has 0 saturated carbocycles. The number of hydrogen-bond acceptors (Lipinski definition) is 2. The van der Waals surface area contributed by atoms with Gasteiger partial charge >= 0.3 is 0 Å². The molecule has 98 valence electrons. The fourth-order valence-corrected chi connectivity index (χ4v) is 3.46. The fraction of sp³-hybridized carbons (Fsp3) is 0.250. The van der Waals surface area contributed by atoms with Gasteiger partial charge in [-0.1, -0.05) is 25.1 Å². The second-order valence-electron chi connectivity index (χ2n) is 4.72. The summed E-state index contributed by atoms with van der Waals surface area (Å²) in [6.07, 6.45) is 3.28. The van der Waals surface area contributed by atoms with Gasteiger partial charge in [0, 0.05) is 22.5 Å². The van der Waals surface area contributed by atoms with E-state index in [0.717, 1.165) is 13.0 Å². The SMILES string of the molecule is CCc1ccc(Cn2ccc3cccc(CN)c32)s1. The van der Waals surface area contributed by atoms with E-state index in [1.54, 1.807) is 0 Å². The predicted octanol–water partition coefficient (Wildman–Crippen LogP) is 3.77. The minimum absolute atomic E-state index is 0.589. The van der Waals surface area contributed by atoms with Gasteiger partial charge in [-0.2, -0.15) is 0 Å². The van der Waals surface area contributed by atoms with Gasteiger partial charge in [-0.05, 0) is 35.6 Å². The molecule has 0 amide bonds. The third-order valence-corrected chi connectivity index (χ3v) is 4.70. The van der Waals surface area contributed by atoms with Crippen molar-refractivity contribution in [3.8, 4) is 0 Å². The summed E-state index contributed by atoms with van der Waals surface area (Å²) >= 11 is 1.90. The van der Waals surface area contributed by atoms with E-state index in [-0.39, 0.29) is 0 Å². The van der Waals surface area contributed by atoms with E-state index in [0.29, 0.717) is 6.54 Å². The van der Waals surface area contributed by atoms with Gasteiger partial charge in [0.1, 0.15) is 0 Å². The van der Waals surface area contributed by atoms with Crippen molar-refractivity contribution in [2.24, 2.45) is 5.73 Å². The lowest BCUT2D eigenvalue weighted by Crippen LogP contribution is -2.02. The minimum atomic E-state index is 0.589. The molecule has 19 heavy (non-hydrogen) atoms.